The number of amides is 1. The van der Waals surface area contributed by atoms with Crippen molar-refractivity contribution in [1.82, 2.24) is 4.31 Å². The Hall–Kier alpha value is -2.13. The molecular weight excluding hydrogens is 252 g/mol. The summed E-state index contributed by atoms with van der Waals surface area (Å²) in [5, 5.41) is 9.02. The number of nitriles is 1. The van der Waals surface area contributed by atoms with E-state index in [1.54, 1.807) is 12.1 Å². The van der Waals surface area contributed by atoms with Crippen molar-refractivity contribution in [2.45, 2.75) is 17.9 Å². The monoisotopic (exact) mass is 262 g/mol. The van der Waals surface area contributed by atoms with Crippen molar-refractivity contribution >= 4 is 15.9 Å². The van der Waals surface area contributed by atoms with Gasteiger partial charge in [0.15, 0.2) is 6.04 Å². The second-order valence-electron chi connectivity index (χ2n) is 3.98. The minimum atomic E-state index is -3.95. The number of hydrogen-bond acceptors (Lipinski definition) is 4. The summed E-state index contributed by atoms with van der Waals surface area (Å²) in [6.45, 7) is 5.07. The van der Waals surface area contributed by atoms with E-state index >= 15 is 0 Å². The summed E-state index contributed by atoms with van der Waals surface area (Å²) in [4.78, 5) is 12.0. The minimum Gasteiger partial charge on any atom is -0.268 e. The highest BCUT2D eigenvalue weighted by Crippen LogP contribution is 2.32. The lowest BCUT2D eigenvalue weighted by Crippen LogP contribution is -2.39. The van der Waals surface area contributed by atoms with Crippen molar-refractivity contribution in [2.24, 2.45) is 0 Å². The van der Waals surface area contributed by atoms with Crippen LogP contribution < -0.4 is 0 Å². The third kappa shape index (κ3) is 1.52. The molecule has 0 fully saturated rings. The molecule has 1 amide bonds. The van der Waals surface area contributed by atoms with E-state index in [4.69, 9.17) is 5.26 Å². The molecule has 92 valence electrons. The Morgan fingerprint density at radius 3 is 2.56 bits per heavy atom. The standard InChI is InChI=1S/C12H10N2O3S/c1-8(2)10(7-13)14-12(15)9-5-3-4-6-11(9)18(14,16)17/h3-6,10H,1H2,2H3. The predicted octanol–water partition coefficient (Wildman–Crippen LogP) is 1.30. The molecule has 0 saturated carbocycles. The largest absolute Gasteiger partial charge is 0.270 e. The Morgan fingerprint density at radius 1 is 1.44 bits per heavy atom. The van der Waals surface area contributed by atoms with Crippen LogP contribution in [0.25, 0.3) is 0 Å². The Kier molecular flexibility index (Phi) is 2.71. The maximum Gasteiger partial charge on any atom is 0.270 e. The lowest BCUT2D eigenvalue weighted by Gasteiger charge is -2.20. The van der Waals surface area contributed by atoms with Gasteiger partial charge in [0.2, 0.25) is 0 Å². The van der Waals surface area contributed by atoms with Gasteiger partial charge in [-0.3, -0.25) is 4.79 Å². The summed E-state index contributed by atoms with van der Waals surface area (Å²) in [5.41, 5.74) is 0.404. The molecule has 1 heterocycles. The molecule has 5 nitrogen and oxygen atoms in total. The van der Waals surface area contributed by atoms with Gasteiger partial charge in [0, 0.05) is 0 Å². The molecule has 6 heteroatoms. The minimum absolute atomic E-state index is 0.0588. The number of benzene rings is 1. The number of sulfonamides is 1. The van der Waals surface area contributed by atoms with E-state index in [1.807, 2.05) is 0 Å². The van der Waals surface area contributed by atoms with E-state index in [1.165, 1.54) is 25.1 Å². The number of nitrogens with zero attached hydrogens (tertiary/aromatic N) is 2. The molecule has 1 aromatic carbocycles. The highest BCUT2D eigenvalue weighted by atomic mass is 32.2. The molecule has 1 atom stereocenters. The molecule has 1 aliphatic rings. The molecule has 0 bridgehead atoms. The van der Waals surface area contributed by atoms with E-state index < -0.39 is 22.0 Å². The first-order chi connectivity index (χ1) is 8.41. The second kappa shape index (κ2) is 3.96. The molecule has 1 aromatic rings. The van der Waals surface area contributed by atoms with Crippen molar-refractivity contribution in [1.29, 1.82) is 5.26 Å². The van der Waals surface area contributed by atoms with Crippen LogP contribution in [-0.2, 0) is 10.0 Å². The SMILES string of the molecule is C=C(C)C(C#N)N1C(=O)c2ccccc2S1(=O)=O. The van der Waals surface area contributed by atoms with Crippen LogP contribution in [0.4, 0.5) is 0 Å². The zero-order chi connectivity index (χ0) is 13.5. The smallest absolute Gasteiger partial charge is 0.268 e. The molecule has 0 aliphatic carbocycles. The van der Waals surface area contributed by atoms with Gasteiger partial charge in [-0.15, -0.1) is 0 Å². The van der Waals surface area contributed by atoms with Gasteiger partial charge in [-0.05, 0) is 24.6 Å². The maximum atomic E-state index is 12.2. The Morgan fingerprint density at radius 2 is 2.06 bits per heavy atom. The fraction of sp³-hybridized carbons (Fsp3) is 0.167. The van der Waals surface area contributed by atoms with Crippen molar-refractivity contribution < 1.29 is 13.2 Å². The molecule has 18 heavy (non-hydrogen) atoms. The van der Waals surface area contributed by atoms with Gasteiger partial charge in [0.1, 0.15) is 4.90 Å². The molecule has 2 rings (SSSR count). The molecule has 0 spiro atoms. The van der Waals surface area contributed by atoms with Crippen LogP contribution in [0.3, 0.4) is 0 Å². The average molecular weight is 262 g/mol. The zero-order valence-corrected chi connectivity index (χ0v) is 10.4. The number of carbonyl (C=O) groups excluding carboxylic acids is 1. The summed E-state index contributed by atoms with van der Waals surface area (Å²) < 4.78 is 25.0. The fourth-order valence-electron chi connectivity index (χ4n) is 1.82. The van der Waals surface area contributed by atoms with Crippen LogP contribution >= 0.6 is 0 Å². The van der Waals surface area contributed by atoms with Gasteiger partial charge in [-0.2, -0.15) is 5.26 Å². The van der Waals surface area contributed by atoms with E-state index in [2.05, 4.69) is 6.58 Å². The van der Waals surface area contributed by atoms with Gasteiger partial charge in [0.25, 0.3) is 15.9 Å². The van der Waals surface area contributed by atoms with Gasteiger partial charge in [0.05, 0.1) is 11.6 Å². The van der Waals surface area contributed by atoms with E-state index in [0.29, 0.717) is 9.88 Å². The Labute approximate surface area is 105 Å². The van der Waals surface area contributed by atoms with E-state index in [0.717, 1.165) is 0 Å². The summed E-state index contributed by atoms with van der Waals surface area (Å²) in [7, 11) is -3.95. The Bertz CT molecular complexity index is 686. The second-order valence-corrected chi connectivity index (χ2v) is 5.76. The summed E-state index contributed by atoms with van der Waals surface area (Å²) in [5.74, 6) is -0.680. The van der Waals surface area contributed by atoms with E-state index in [9.17, 15) is 13.2 Å². The summed E-state index contributed by atoms with van der Waals surface area (Å²) in [6, 6.07) is 6.53. The van der Waals surface area contributed by atoms with Crippen molar-refractivity contribution in [3.05, 3.63) is 42.0 Å². The summed E-state index contributed by atoms with van der Waals surface area (Å²) in [6.07, 6.45) is 0. The van der Waals surface area contributed by atoms with Crippen LogP contribution in [-0.4, -0.2) is 24.7 Å². The molecular formula is C12H10N2O3S. The topological polar surface area (TPSA) is 78.2 Å². The van der Waals surface area contributed by atoms with Crippen molar-refractivity contribution in [2.75, 3.05) is 0 Å². The number of fused-ring (bicyclic) bond motifs is 1. The number of carbonyl (C=O) groups is 1. The van der Waals surface area contributed by atoms with Crippen LogP contribution in [0.1, 0.15) is 17.3 Å². The van der Waals surface area contributed by atoms with Crippen LogP contribution in [0.5, 0.6) is 0 Å². The summed E-state index contributed by atoms with van der Waals surface area (Å²) >= 11 is 0. The van der Waals surface area contributed by atoms with Gasteiger partial charge in [-0.1, -0.05) is 18.7 Å². The molecule has 0 N–H and O–H groups in total. The highest BCUT2D eigenvalue weighted by molar-refractivity contribution is 7.90. The van der Waals surface area contributed by atoms with Crippen molar-refractivity contribution in [3.63, 3.8) is 0 Å². The third-order valence-electron chi connectivity index (χ3n) is 2.68. The highest BCUT2D eigenvalue weighted by Gasteiger charge is 2.45. The van der Waals surface area contributed by atoms with Gasteiger partial charge >= 0.3 is 0 Å². The first-order valence-corrected chi connectivity index (χ1v) is 6.58. The molecule has 0 saturated heterocycles. The van der Waals surface area contributed by atoms with Crippen LogP contribution in [0.2, 0.25) is 0 Å². The fourth-order valence-corrected chi connectivity index (χ4v) is 3.54. The van der Waals surface area contributed by atoms with Crippen LogP contribution in [0.15, 0.2) is 41.3 Å². The first kappa shape index (κ1) is 12.3. The lowest BCUT2D eigenvalue weighted by molar-refractivity contribution is 0.0862. The van der Waals surface area contributed by atoms with Crippen molar-refractivity contribution in [3.8, 4) is 6.07 Å². The Balaban J connectivity index is 2.66. The number of hydrogen-bond donors (Lipinski definition) is 0. The molecule has 1 unspecified atom stereocenters. The quantitative estimate of drug-likeness (QED) is 0.752. The predicted molar refractivity (Wildman–Crippen MR) is 64.0 cm³/mol. The van der Waals surface area contributed by atoms with Gasteiger partial charge in [-0.25, -0.2) is 12.7 Å². The molecule has 0 aromatic heterocycles. The third-order valence-corrected chi connectivity index (χ3v) is 4.48. The number of rotatable bonds is 2. The van der Waals surface area contributed by atoms with Gasteiger partial charge < -0.3 is 0 Å². The zero-order valence-electron chi connectivity index (χ0n) is 9.62. The lowest BCUT2D eigenvalue weighted by atomic mass is 10.1. The van der Waals surface area contributed by atoms with E-state index in [-0.39, 0.29) is 10.5 Å². The van der Waals surface area contributed by atoms with Crippen LogP contribution in [0, 0.1) is 11.3 Å². The molecule has 1 aliphatic heterocycles. The maximum absolute atomic E-state index is 12.2. The average Bonchev–Trinajstić information content (AvgIpc) is 2.52. The normalized spacial score (nSPS) is 18.0. The first-order valence-electron chi connectivity index (χ1n) is 5.14. The molecule has 0 radical (unpaired) electrons.